The number of pyridine rings is 1. The zero-order valence-corrected chi connectivity index (χ0v) is 18.1. The molecule has 2 aliphatic rings. The summed E-state index contributed by atoms with van der Waals surface area (Å²) < 4.78 is 23.2. The summed E-state index contributed by atoms with van der Waals surface area (Å²) in [6.45, 7) is 3.96. The summed E-state index contributed by atoms with van der Waals surface area (Å²) in [4.78, 5) is 17.7. The molecule has 4 rings (SSSR count). The molecule has 0 amide bonds. The molecular weight excluding hydrogens is 410 g/mol. The second kappa shape index (κ2) is 8.44. The first-order chi connectivity index (χ1) is 13.9. The number of halogens is 1. The lowest BCUT2D eigenvalue weighted by Gasteiger charge is -2.40. The highest BCUT2D eigenvalue weighted by atomic mass is 35.5. The van der Waals surface area contributed by atoms with E-state index in [2.05, 4.69) is 24.8 Å². The topological polar surface area (TPSA) is 79.3 Å². The highest BCUT2D eigenvalue weighted by molar-refractivity contribution is 7.90. The minimum absolute atomic E-state index is 0.272. The van der Waals surface area contributed by atoms with Gasteiger partial charge in [-0.05, 0) is 49.7 Å². The molecule has 9 heteroatoms. The summed E-state index contributed by atoms with van der Waals surface area (Å²) in [6, 6.07) is 3.47. The molecule has 0 N–H and O–H groups in total. The van der Waals surface area contributed by atoms with E-state index in [1.54, 1.807) is 18.5 Å². The summed E-state index contributed by atoms with van der Waals surface area (Å²) in [6.07, 6.45) is 10.7. The predicted molar refractivity (Wildman–Crippen MR) is 114 cm³/mol. The van der Waals surface area contributed by atoms with Crippen molar-refractivity contribution < 1.29 is 8.42 Å². The van der Waals surface area contributed by atoms with Gasteiger partial charge in [-0.15, -0.1) is 0 Å². The Morgan fingerprint density at radius 1 is 0.828 bits per heavy atom. The maximum atomic E-state index is 11.6. The van der Waals surface area contributed by atoms with E-state index < -0.39 is 9.84 Å². The summed E-state index contributed by atoms with van der Waals surface area (Å²) in [7, 11) is -3.20. The number of rotatable bonds is 4. The molecule has 0 unspecified atom stereocenters. The lowest BCUT2D eigenvalue weighted by molar-refractivity contribution is 0.232. The van der Waals surface area contributed by atoms with Gasteiger partial charge in [-0.1, -0.05) is 11.6 Å². The first kappa shape index (κ1) is 20.3. The maximum Gasteiger partial charge on any atom is 0.177 e. The standard InChI is InChI=1S/C20H26ClN5O2S/c1-29(27,28)17-2-3-19(23-12-17)25-8-4-15(5-9-25)16-6-10-26(11-7-16)20-14-22-18(21)13-24-20/h2-3,12-16H,4-11H2,1H3. The lowest BCUT2D eigenvalue weighted by atomic mass is 9.79. The van der Waals surface area contributed by atoms with E-state index in [0.717, 1.165) is 62.5 Å². The Morgan fingerprint density at radius 2 is 1.38 bits per heavy atom. The first-order valence-electron chi connectivity index (χ1n) is 10.0. The number of anilines is 2. The molecule has 2 aliphatic heterocycles. The van der Waals surface area contributed by atoms with Crippen molar-refractivity contribution in [1.29, 1.82) is 0 Å². The van der Waals surface area contributed by atoms with E-state index >= 15 is 0 Å². The van der Waals surface area contributed by atoms with Crippen molar-refractivity contribution in [3.8, 4) is 0 Å². The Bertz CT molecular complexity index is 920. The molecule has 2 saturated heterocycles. The van der Waals surface area contributed by atoms with Gasteiger partial charge < -0.3 is 9.80 Å². The fourth-order valence-electron chi connectivity index (χ4n) is 4.45. The van der Waals surface area contributed by atoms with E-state index in [1.165, 1.54) is 25.3 Å². The molecule has 2 aromatic rings. The zero-order chi connectivity index (χ0) is 20.4. The minimum atomic E-state index is -3.20. The van der Waals surface area contributed by atoms with Gasteiger partial charge in [0, 0.05) is 38.6 Å². The Hall–Kier alpha value is -1.93. The van der Waals surface area contributed by atoms with E-state index in [-0.39, 0.29) is 4.90 Å². The quantitative estimate of drug-likeness (QED) is 0.730. The van der Waals surface area contributed by atoms with Crippen LogP contribution in [-0.4, -0.2) is 55.8 Å². The molecular formula is C20H26ClN5O2S. The van der Waals surface area contributed by atoms with Crippen molar-refractivity contribution in [2.45, 2.75) is 30.6 Å². The van der Waals surface area contributed by atoms with Crippen LogP contribution >= 0.6 is 11.6 Å². The van der Waals surface area contributed by atoms with Crippen LogP contribution in [0.5, 0.6) is 0 Å². The van der Waals surface area contributed by atoms with Gasteiger partial charge in [-0.25, -0.2) is 23.4 Å². The molecule has 29 heavy (non-hydrogen) atoms. The molecule has 0 radical (unpaired) electrons. The van der Waals surface area contributed by atoms with Crippen LogP contribution in [0.25, 0.3) is 0 Å². The molecule has 7 nitrogen and oxygen atoms in total. The number of aromatic nitrogens is 3. The fraction of sp³-hybridized carbons (Fsp3) is 0.550. The van der Waals surface area contributed by atoms with Crippen LogP contribution in [0.2, 0.25) is 5.15 Å². The van der Waals surface area contributed by atoms with Crippen LogP contribution in [-0.2, 0) is 9.84 Å². The molecule has 0 atom stereocenters. The van der Waals surface area contributed by atoms with Gasteiger partial charge in [0.2, 0.25) is 0 Å². The summed E-state index contributed by atoms with van der Waals surface area (Å²) in [5.41, 5.74) is 0. The zero-order valence-electron chi connectivity index (χ0n) is 16.5. The van der Waals surface area contributed by atoms with Crippen molar-refractivity contribution in [2.75, 3.05) is 42.2 Å². The van der Waals surface area contributed by atoms with Crippen LogP contribution in [0.3, 0.4) is 0 Å². The first-order valence-corrected chi connectivity index (χ1v) is 12.3. The lowest BCUT2D eigenvalue weighted by Crippen LogP contribution is -2.41. The average Bonchev–Trinajstić information content (AvgIpc) is 2.74. The van der Waals surface area contributed by atoms with Gasteiger partial charge >= 0.3 is 0 Å². The Balaban J connectivity index is 1.28. The van der Waals surface area contributed by atoms with E-state index in [0.29, 0.717) is 5.15 Å². The van der Waals surface area contributed by atoms with E-state index in [9.17, 15) is 8.42 Å². The number of hydrogen-bond donors (Lipinski definition) is 0. The smallest absolute Gasteiger partial charge is 0.177 e. The summed E-state index contributed by atoms with van der Waals surface area (Å²) >= 11 is 5.83. The fourth-order valence-corrected chi connectivity index (χ4v) is 5.10. The van der Waals surface area contributed by atoms with Crippen LogP contribution in [0, 0.1) is 11.8 Å². The molecule has 2 fully saturated rings. The van der Waals surface area contributed by atoms with Crippen molar-refractivity contribution in [3.63, 3.8) is 0 Å². The molecule has 0 aromatic carbocycles. The molecule has 2 aromatic heterocycles. The van der Waals surface area contributed by atoms with Crippen LogP contribution < -0.4 is 9.80 Å². The maximum absolute atomic E-state index is 11.6. The van der Waals surface area contributed by atoms with Gasteiger partial charge in [-0.2, -0.15) is 0 Å². The van der Waals surface area contributed by atoms with Crippen molar-refractivity contribution in [3.05, 3.63) is 35.9 Å². The van der Waals surface area contributed by atoms with Gasteiger partial charge in [0.15, 0.2) is 9.84 Å². The monoisotopic (exact) mass is 435 g/mol. The van der Waals surface area contributed by atoms with Crippen molar-refractivity contribution in [1.82, 2.24) is 15.0 Å². The van der Waals surface area contributed by atoms with Crippen molar-refractivity contribution >= 4 is 33.1 Å². The average molecular weight is 436 g/mol. The van der Waals surface area contributed by atoms with Crippen LogP contribution in [0.4, 0.5) is 11.6 Å². The third-order valence-corrected chi connectivity index (χ3v) is 7.44. The molecule has 0 aliphatic carbocycles. The third kappa shape index (κ3) is 4.80. The second-order valence-corrected chi connectivity index (χ2v) is 10.4. The highest BCUT2D eigenvalue weighted by Crippen LogP contribution is 2.34. The summed E-state index contributed by atoms with van der Waals surface area (Å²) in [5.74, 6) is 3.26. The normalized spacial score (nSPS) is 19.5. The Labute approximate surface area is 177 Å². The summed E-state index contributed by atoms with van der Waals surface area (Å²) in [5, 5.41) is 0.427. The van der Waals surface area contributed by atoms with Crippen molar-refractivity contribution in [2.24, 2.45) is 11.8 Å². The molecule has 0 bridgehead atoms. The number of sulfone groups is 1. The molecule has 156 valence electrons. The third-order valence-electron chi connectivity index (χ3n) is 6.15. The predicted octanol–water partition coefficient (Wildman–Crippen LogP) is 3.06. The Morgan fingerprint density at radius 3 is 1.83 bits per heavy atom. The number of piperidine rings is 2. The van der Waals surface area contributed by atoms with Gasteiger partial charge in [0.1, 0.15) is 16.8 Å². The Kier molecular flexibility index (Phi) is 5.92. The molecule has 4 heterocycles. The van der Waals surface area contributed by atoms with E-state index in [4.69, 9.17) is 11.6 Å². The number of hydrogen-bond acceptors (Lipinski definition) is 7. The number of nitrogens with zero attached hydrogens (tertiary/aromatic N) is 5. The SMILES string of the molecule is CS(=O)(=O)c1ccc(N2CCC(C3CCN(c4cnc(Cl)cn4)CC3)CC2)nc1. The minimum Gasteiger partial charge on any atom is -0.357 e. The molecule has 0 spiro atoms. The van der Waals surface area contributed by atoms with Gasteiger partial charge in [0.25, 0.3) is 0 Å². The highest BCUT2D eigenvalue weighted by Gasteiger charge is 2.30. The van der Waals surface area contributed by atoms with Crippen LogP contribution in [0.1, 0.15) is 25.7 Å². The second-order valence-electron chi connectivity index (χ2n) is 7.97. The van der Waals surface area contributed by atoms with Crippen LogP contribution in [0.15, 0.2) is 35.6 Å². The van der Waals surface area contributed by atoms with Gasteiger partial charge in [0.05, 0.1) is 17.3 Å². The molecule has 0 saturated carbocycles. The van der Waals surface area contributed by atoms with Gasteiger partial charge in [-0.3, -0.25) is 0 Å². The largest absolute Gasteiger partial charge is 0.357 e. The van der Waals surface area contributed by atoms with E-state index in [1.807, 2.05) is 6.07 Å².